The first-order valence-corrected chi connectivity index (χ1v) is 9.95. The third-order valence-corrected chi connectivity index (χ3v) is 4.89. The molecule has 156 valence electrons. The van der Waals surface area contributed by atoms with Crippen LogP contribution in [0.3, 0.4) is 0 Å². The van der Waals surface area contributed by atoms with Crippen LogP contribution in [0.5, 0.6) is 17.2 Å². The maximum atomic E-state index is 12.4. The van der Waals surface area contributed by atoms with Crippen molar-refractivity contribution in [3.63, 3.8) is 0 Å². The molecular formula is C22H16Cl2N4O3. The largest absolute Gasteiger partial charge is 0.505 e. The molecular weight excluding hydrogens is 439 g/mol. The highest BCUT2D eigenvalue weighted by Crippen LogP contribution is 2.33. The fourth-order valence-corrected chi connectivity index (χ4v) is 3.21. The number of hydrogen-bond donors (Lipinski definition) is 2. The van der Waals surface area contributed by atoms with Gasteiger partial charge in [0.25, 0.3) is 5.91 Å². The van der Waals surface area contributed by atoms with E-state index in [2.05, 4.69) is 15.4 Å². The minimum Gasteiger partial charge on any atom is -0.505 e. The van der Waals surface area contributed by atoms with E-state index in [-0.39, 0.29) is 21.6 Å². The maximum Gasteiger partial charge on any atom is 0.291 e. The van der Waals surface area contributed by atoms with Gasteiger partial charge in [-0.1, -0.05) is 53.5 Å². The molecule has 7 nitrogen and oxygen atoms in total. The van der Waals surface area contributed by atoms with Gasteiger partial charge in [0.1, 0.15) is 17.8 Å². The molecule has 1 heterocycles. The molecule has 0 unspecified atom stereocenters. The van der Waals surface area contributed by atoms with Gasteiger partial charge in [0.2, 0.25) is 5.82 Å². The molecule has 0 saturated heterocycles. The second-order valence-electron chi connectivity index (χ2n) is 6.51. The van der Waals surface area contributed by atoms with E-state index in [1.807, 2.05) is 54.6 Å². The summed E-state index contributed by atoms with van der Waals surface area (Å²) in [5, 5.41) is 16.7. The van der Waals surface area contributed by atoms with Crippen molar-refractivity contribution in [1.29, 1.82) is 0 Å². The molecule has 0 spiro atoms. The average molecular weight is 455 g/mol. The predicted molar refractivity (Wildman–Crippen MR) is 117 cm³/mol. The number of nitrogens with zero attached hydrogens (tertiary/aromatic N) is 3. The van der Waals surface area contributed by atoms with Crippen molar-refractivity contribution in [3.8, 4) is 22.9 Å². The summed E-state index contributed by atoms with van der Waals surface area (Å²) in [7, 11) is 0. The van der Waals surface area contributed by atoms with E-state index >= 15 is 0 Å². The number of para-hydroxylation sites is 1. The maximum absolute atomic E-state index is 12.4. The number of ether oxygens (including phenoxy) is 1. The smallest absolute Gasteiger partial charge is 0.291 e. The van der Waals surface area contributed by atoms with Gasteiger partial charge in [0, 0.05) is 6.54 Å². The minimum atomic E-state index is -0.431. The molecule has 0 radical (unpaired) electrons. The summed E-state index contributed by atoms with van der Waals surface area (Å²) in [6.45, 7) is 0.301. The second-order valence-corrected chi connectivity index (χ2v) is 7.33. The average Bonchev–Trinajstić information content (AvgIpc) is 3.28. The van der Waals surface area contributed by atoms with Crippen LogP contribution in [0.25, 0.3) is 5.69 Å². The Morgan fingerprint density at radius 1 is 1.00 bits per heavy atom. The number of nitrogens with one attached hydrogen (secondary N) is 1. The molecule has 2 N–H and O–H groups in total. The highest BCUT2D eigenvalue weighted by Gasteiger charge is 2.14. The Kier molecular flexibility index (Phi) is 6.06. The van der Waals surface area contributed by atoms with Gasteiger partial charge in [-0.15, -0.1) is 5.10 Å². The molecule has 0 aliphatic carbocycles. The van der Waals surface area contributed by atoms with Crippen LogP contribution >= 0.6 is 23.2 Å². The van der Waals surface area contributed by atoms with Crippen molar-refractivity contribution >= 4 is 29.1 Å². The molecule has 3 aromatic carbocycles. The Hall–Kier alpha value is -3.55. The standard InChI is InChI=1S/C22H16Cl2N4O3/c23-18-10-15(11-19(24)20(18)29)28-13-26-21(27-28)22(30)25-12-14-6-8-17(9-7-14)31-16-4-2-1-3-5-16/h1-11,13,29H,12H2,(H,25,30). The molecule has 0 aliphatic heterocycles. The first kappa shape index (κ1) is 20.7. The highest BCUT2D eigenvalue weighted by atomic mass is 35.5. The number of hydrogen-bond acceptors (Lipinski definition) is 5. The second kappa shape index (κ2) is 9.07. The Bertz CT molecular complexity index is 1190. The Balaban J connectivity index is 1.37. The zero-order valence-corrected chi connectivity index (χ0v) is 17.5. The fourth-order valence-electron chi connectivity index (χ4n) is 2.74. The van der Waals surface area contributed by atoms with Crippen molar-refractivity contribution in [3.05, 3.63) is 94.5 Å². The number of aromatic nitrogens is 3. The molecule has 0 atom stereocenters. The van der Waals surface area contributed by atoms with Crippen LogP contribution in [0.1, 0.15) is 16.2 Å². The van der Waals surface area contributed by atoms with Crippen LogP contribution in [-0.2, 0) is 6.54 Å². The molecule has 4 rings (SSSR count). The number of aromatic hydroxyl groups is 1. The number of amides is 1. The third kappa shape index (κ3) is 4.96. The van der Waals surface area contributed by atoms with Gasteiger partial charge in [-0.25, -0.2) is 9.67 Å². The van der Waals surface area contributed by atoms with E-state index in [1.165, 1.54) is 23.1 Å². The Morgan fingerprint density at radius 2 is 1.65 bits per heavy atom. The molecule has 0 saturated carbocycles. The number of phenols is 1. The molecule has 0 fully saturated rings. The minimum absolute atomic E-state index is 0.00986. The Labute approximate surface area is 187 Å². The van der Waals surface area contributed by atoms with E-state index in [9.17, 15) is 9.90 Å². The molecule has 1 aromatic heterocycles. The number of rotatable bonds is 6. The number of carbonyl (C=O) groups is 1. The number of benzene rings is 3. The van der Waals surface area contributed by atoms with Crippen LogP contribution < -0.4 is 10.1 Å². The summed E-state index contributed by atoms with van der Waals surface area (Å²) in [6, 6.07) is 19.8. The summed E-state index contributed by atoms with van der Waals surface area (Å²) >= 11 is 11.9. The lowest BCUT2D eigenvalue weighted by Gasteiger charge is -2.07. The van der Waals surface area contributed by atoms with Crippen LogP contribution in [0.15, 0.2) is 73.1 Å². The number of carbonyl (C=O) groups excluding carboxylic acids is 1. The summed E-state index contributed by atoms with van der Waals surface area (Å²) in [5.74, 6) is 0.795. The molecule has 0 aliphatic rings. The summed E-state index contributed by atoms with van der Waals surface area (Å²) in [4.78, 5) is 16.4. The van der Waals surface area contributed by atoms with Gasteiger partial charge < -0.3 is 15.2 Å². The molecule has 9 heteroatoms. The fraction of sp³-hybridized carbons (Fsp3) is 0.0455. The normalized spacial score (nSPS) is 10.6. The van der Waals surface area contributed by atoms with Gasteiger partial charge in [-0.05, 0) is 42.0 Å². The molecule has 4 aromatic rings. The summed E-state index contributed by atoms with van der Waals surface area (Å²) in [5.41, 5.74) is 1.36. The van der Waals surface area contributed by atoms with E-state index < -0.39 is 5.91 Å². The van der Waals surface area contributed by atoms with Crippen molar-refractivity contribution < 1.29 is 14.6 Å². The lowest BCUT2D eigenvalue weighted by atomic mass is 10.2. The van der Waals surface area contributed by atoms with E-state index in [0.717, 1.165) is 11.3 Å². The van der Waals surface area contributed by atoms with Crippen LogP contribution in [0.2, 0.25) is 10.0 Å². The van der Waals surface area contributed by atoms with E-state index in [1.54, 1.807) is 0 Å². The quantitative estimate of drug-likeness (QED) is 0.427. The molecule has 31 heavy (non-hydrogen) atoms. The monoisotopic (exact) mass is 454 g/mol. The number of phenolic OH excluding ortho intramolecular Hbond substituents is 1. The van der Waals surface area contributed by atoms with Gasteiger partial charge in [-0.2, -0.15) is 0 Å². The van der Waals surface area contributed by atoms with Gasteiger partial charge in [0.05, 0.1) is 15.7 Å². The van der Waals surface area contributed by atoms with E-state index in [4.69, 9.17) is 27.9 Å². The SMILES string of the molecule is O=C(NCc1ccc(Oc2ccccc2)cc1)c1ncn(-c2cc(Cl)c(O)c(Cl)c2)n1. The predicted octanol–water partition coefficient (Wildman–Crippen LogP) is 5.00. The van der Waals surface area contributed by atoms with Crippen LogP contribution in [-0.4, -0.2) is 25.8 Å². The Morgan fingerprint density at radius 3 is 2.32 bits per heavy atom. The van der Waals surface area contributed by atoms with Crippen molar-refractivity contribution in [2.75, 3.05) is 0 Å². The zero-order chi connectivity index (χ0) is 21.8. The van der Waals surface area contributed by atoms with Crippen LogP contribution in [0, 0.1) is 0 Å². The molecule has 1 amide bonds. The van der Waals surface area contributed by atoms with Gasteiger partial charge in [-0.3, -0.25) is 4.79 Å². The lowest BCUT2D eigenvalue weighted by molar-refractivity contribution is 0.0940. The van der Waals surface area contributed by atoms with Gasteiger partial charge in [0.15, 0.2) is 5.75 Å². The van der Waals surface area contributed by atoms with Crippen molar-refractivity contribution in [2.45, 2.75) is 6.54 Å². The first-order valence-electron chi connectivity index (χ1n) is 9.20. The molecule has 0 bridgehead atoms. The summed E-state index contributed by atoms with van der Waals surface area (Å²) < 4.78 is 7.10. The lowest BCUT2D eigenvalue weighted by Crippen LogP contribution is -2.24. The van der Waals surface area contributed by atoms with Crippen molar-refractivity contribution in [1.82, 2.24) is 20.1 Å². The van der Waals surface area contributed by atoms with Crippen LogP contribution in [0.4, 0.5) is 0 Å². The van der Waals surface area contributed by atoms with E-state index in [0.29, 0.717) is 18.0 Å². The zero-order valence-electron chi connectivity index (χ0n) is 16.0. The van der Waals surface area contributed by atoms with Crippen molar-refractivity contribution in [2.24, 2.45) is 0 Å². The summed E-state index contributed by atoms with van der Waals surface area (Å²) in [6.07, 6.45) is 1.36. The van der Waals surface area contributed by atoms with Gasteiger partial charge >= 0.3 is 0 Å². The highest BCUT2D eigenvalue weighted by molar-refractivity contribution is 6.37. The first-order chi connectivity index (χ1) is 15.0. The number of halogens is 2. The topological polar surface area (TPSA) is 89.3 Å². The third-order valence-electron chi connectivity index (χ3n) is 4.32.